The molecule has 0 rings (SSSR count). The summed E-state index contributed by atoms with van der Waals surface area (Å²) in [6.07, 6.45) is 11.8. The Morgan fingerprint density at radius 2 is 1.87 bits per heavy atom. The van der Waals surface area contributed by atoms with Crippen molar-refractivity contribution < 1.29 is 0 Å². The van der Waals surface area contributed by atoms with Crippen LogP contribution in [0.1, 0.15) is 58.8 Å². The van der Waals surface area contributed by atoms with Gasteiger partial charge in [0.05, 0.1) is 0 Å². The van der Waals surface area contributed by atoms with E-state index < -0.39 is 0 Å². The number of hydrogen-bond acceptors (Lipinski definition) is 2. The van der Waals surface area contributed by atoms with Crippen LogP contribution in [0.5, 0.6) is 0 Å². The lowest BCUT2D eigenvalue weighted by Crippen LogP contribution is -2.26. The van der Waals surface area contributed by atoms with Crippen LogP contribution in [0.4, 0.5) is 0 Å². The second-order valence-electron chi connectivity index (χ2n) is 4.40. The van der Waals surface area contributed by atoms with Crippen molar-refractivity contribution in [3.63, 3.8) is 0 Å². The fourth-order valence-electron chi connectivity index (χ4n) is 1.70. The van der Waals surface area contributed by atoms with Crippen LogP contribution in [-0.2, 0) is 0 Å². The Kier molecular flexibility index (Phi) is 12.6. The highest BCUT2D eigenvalue weighted by Crippen LogP contribution is 2.05. The van der Waals surface area contributed by atoms with E-state index in [1.54, 1.807) is 0 Å². The molecule has 0 aromatic carbocycles. The zero-order valence-corrected chi connectivity index (χ0v) is 11.7. The topological polar surface area (TPSA) is 12.0 Å². The first-order chi connectivity index (χ1) is 7.31. The van der Waals surface area contributed by atoms with Gasteiger partial charge in [-0.25, -0.2) is 0 Å². The van der Waals surface area contributed by atoms with Crippen LogP contribution in [0.15, 0.2) is 0 Å². The first kappa shape index (κ1) is 15.3. The lowest BCUT2D eigenvalue weighted by atomic mass is 10.1. The summed E-state index contributed by atoms with van der Waals surface area (Å²) in [7, 11) is 0. The first-order valence-electron chi connectivity index (χ1n) is 6.53. The number of nitrogens with one attached hydrogen (secondary N) is 1. The van der Waals surface area contributed by atoms with Crippen LogP contribution in [0.3, 0.4) is 0 Å². The average Bonchev–Trinajstić information content (AvgIpc) is 2.24. The molecule has 0 aliphatic rings. The van der Waals surface area contributed by atoms with Gasteiger partial charge in [-0.05, 0) is 44.7 Å². The van der Waals surface area contributed by atoms with Gasteiger partial charge in [0.25, 0.3) is 0 Å². The van der Waals surface area contributed by atoms with Crippen molar-refractivity contribution in [3.05, 3.63) is 0 Å². The molecule has 1 N–H and O–H groups in total. The van der Waals surface area contributed by atoms with E-state index in [1.165, 1.54) is 57.2 Å². The van der Waals surface area contributed by atoms with Crippen molar-refractivity contribution in [3.8, 4) is 0 Å². The lowest BCUT2D eigenvalue weighted by Gasteiger charge is -2.13. The Labute approximate surface area is 101 Å². The van der Waals surface area contributed by atoms with Gasteiger partial charge in [-0.1, -0.05) is 32.6 Å². The van der Waals surface area contributed by atoms with Crippen molar-refractivity contribution in [1.82, 2.24) is 5.32 Å². The summed E-state index contributed by atoms with van der Waals surface area (Å²) < 4.78 is 0. The van der Waals surface area contributed by atoms with E-state index in [4.69, 9.17) is 0 Å². The monoisotopic (exact) mass is 231 g/mol. The van der Waals surface area contributed by atoms with E-state index in [1.807, 2.05) is 11.8 Å². The van der Waals surface area contributed by atoms with Crippen molar-refractivity contribution in [1.29, 1.82) is 0 Å². The highest BCUT2D eigenvalue weighted by molar-refractivity contribution is 7.98. The second kappa shape index (κ2) is 12.4. The van der Waals surface area contributed by atoms with Gasteiger partial charge in [-0.2, -0.15) is 11.8 Å². The Balaban J connectivity index is 3.08. The van der Waals surface area contributed by atoms with E-state index in [2.05, 4.69) is 25.4 Å². The summed E-state index contributed by atoms with van der Waals surface area (Å²) in [6.45, 7) is 5.80. The summed E-state index contributed by atoms with van der Waals surface area (Å²) in [5, 5.41) is 3.61. The van der Waals surface area contributed by atoms with Crippen LogP contribution >= 0.6 is 11.8 Å². The van der Waals surface area contributed by atoms with Gasteiger partial charge >= 0.3 is 0 Å². The molecule has 0 saturated heterocycles. The maximum absolute atomic E-state index is 3.61. The normalized spacial score (nSPS) is 13.0. The molecule has 2 heteroatoms. The van der Waals surface area contributed by atoms with E-state index in [0.29, 0.717) is 0 Å². The Bertz CT molecular complexity index is 117. The number of rotatable bonds is 11. The fraction of sp³-hybridized carbons (Fsp3) is 1.00. The molecule has 0 aliphatic heterocycles. The third-order valence-corrected chi connectivity index (χ3v) is 3.46. The van der Waals surface area contributed by atoms with Crippen LogP contribution in [0, 0.1) is 0 Å². The summed E-state index contributed by atoms with van der Waals surface area (Å²) in [6, 6.07) is 0.719. The highest BCUT2D eigenvalue weighted by atomic mass is 32.2. The quantitative estimate of drug-likeness (QED) is 0.538. The van der Waals surface area contributed by atoms with Gasteiger partial charge in [0.1, 0.15) is 0 Å². The van der Waals surface area contributed by atoms with Crippen molar-refractivity contribution in [2.45, 2.75) is 64.8 Å². The van der Waals surface area contributed by atoms with Crippen molar-refractivity contribution >= 4 is 11.8 Å². The summed E-state index contributed by atoms with van der Waals surface area (Å²) in [4.78, 5) is 0. The minimum Gasteiger partial charge on any atom is -0.314 e. The summed E-state index contributed by atoms with van der Waals surface area (Å²) >= 11 is 1.95. The maximum atomic E-state index is 3.61. The molecule has 15 heavy (non-hydrogen) atoms. The molecular formula is C13H29NS. The lowest BCUT2D eigenvalue weighted by molar-refractivity contribution is 0.477. The molecule has 1 nitrogen and oxygen atoms in total. The van der Waals surface area contributed by atoms with E-state index in [0.717, 1.165) is 6.04 Å². The smallest absolute Gasteiger partial charge is 0.00387 e. The van der Waals surface area contributed by atoms with Crippen molar-refractivity contribution in [2.24, 2.45) is 0 Å². The maximum Gasteiger partial charge on any atom is 0.00387 e. The van der Waals surface area contributed by atoms with Gasteiger partial charge in [0.2, 0.25) is 0 Å². The van der Waals surface area contributed by atoms with Crippen LogP contribution in [0.25, 0.3) is 0 Å². The van der Waals surface area contributed by atoms with Gasteiger partial charge in [0, 0.05) is 6.04 Å². The predicted molar refractivity (Wildman–Crippen MR) is 73.8 cm³/mol. The highest BCUT2D eigenvalue weighted by Gasteiger charge is 1.99. The molecule has 0 fully saturated rings. The van der Waals surface area contributed by atoms with Gasteiger partial charge in [-0.3, -0.25) is 0 Å². The number of hydrogen-bond donors (Lipinski definition) is 1. The Hall–Kier alpha value is 0.310. The zero-order chi connectivity index (χ0) is 11.4. The van der Waals surface area contributed by atoms with Gasteiger partial charge in [0.15, 0.2) is 0 Å². The minimum atomic E-state index is 0.719. The first-order valence-corrected chi connectivity index (χ1v) is 7.93. The van der Waals surface area contributed by atoms with Crippen LogP contribution in [0.2, 0.25) is 0 Å². The third kappa shape index (κ3) is 12.2. The molecule has 0 saturated carbocycles. The molecule has 0 aromatic rings. The molecule has 1 unspecified atom stereocenters. The molecule has 0 spiro atoms. The molecule has 0 aliphatic carbocycles. The molecule has 0 radical (unpaired) electrons. The van der Waals surface area contributed by atoms with Crippen LogP contribution in [-0.4, -0.2) is 24.6 Å². The Morgan fingerprint density at radius 3 is 2.53 bits per heavy atom. The number of unbranched alkanes of at least 4 members (excludes halogenated alkanes) is 4. The second-order valence-corrected chi connectivity index (χ2v) is 5.39. The SMILES string of the molecule is CCCCCCC(C)NCCCCSC. The largest absolute Gasteiger partial charge is 0.314 e. The number of thioether (sulfide) groups is 1. The molecule has 0 bridgehead atoms. The minimum absolute atomic E-state index is 0.719. The molecule has 0 amide bonds. The summed E-state index contributed by atoms with van der Waals surface area (Å²) in [5.74, 6) is 1.31. The van der Waals surface area contributed by atoms with Crippen molar-refractivity contribution in [2.75, 3.05) is 18.6 Å². The molecule has 92 valence electrons. The van der Waals surface area contributed by atoms with Gasteiger partial charge < -0.3 is 5.32 Å². The fourth-order valence-corrected chi connectivity index (χ4v) is 2.19. The average molecular weight is 231 g/mol. The zero-order valence-electron chi connectivity index (χ0n) is 10.8. The van der Waals surface area contributed by atoms with E-state index in [9.17, 15) is 0 Å². The summed E-state index contributed by atoms with van der Waals surface area (Å²) in [5.41, 5.74) is 0. The van der Waals surface area contributed by atoms with Gasteiger partial charge in [-0.15, -0.1) is 0 Å². The molecule has 0 aromatic heterocycles. The van der Waals surface area contributed by atoms with E-state index in [-0.39, 0.29) is 0 Å². The van der Waals surface area contributed by atoms with Crippen LogP contribution < -0.4 is 5.32 Å². The molecule has 0 heterocycles. The molecule has 1 atom stereocenters. The third-order valence-electron chi connectivity index (χ3n) is 2.76. The predicted octanol–water partition coefficient (Wildman–Crippen LogP) is 4.08. The molecular weight excluding hydrogens is 202 g/mol. The Morgan fingerprint density at radius 1 is 1.07 bits per heavy atom. The standard InChI is InChI=1S/C13H29NS/c1-4-5-6-7-10-13(2)14-11-8-9-12-15-3/h13-14H,4-12H2,1-3H3. The van der Waals surface area contributed by atoms with E-state index >= 15 is 0 Å².